The minimum Gasteiger partial charge on any atom is -0.306 e. The fraction of sp³-hybridized carbons (Fsp3) is 0.185. The number of nitriles is 1. The predicted octanol–water partition coefficient (Wildman–Crippen LogP) is 5.38. The zero-order valence-corrected chi connectivity index (χ0v) is 22.4. The lowest BCUT2D eigenvalue weighted by atomic mass is 10.1. The highest BCUT2D eigenvalue weighted by molar-refractivity contribution is 7.89. The Morgan fingerprint density at radius 3 is 2.46 bits per heavy atom. The van der Waals surface area contributed by atoms with E-state index in [4.69, 9.17) is 0 Å². The van der Waals surface area contributed by atoms with Crippen LogP contribution in [0.1, 0.15) is 41.0 Å². The third-order valence-corrected chi connectivity index (χ3v) is 7.92. The lowest BCUT2D eigenvalue weighted by Gasteiger charge is -2.21. The summed E-state index contributed by atoms with van der Waals surface area (Å²) in [4.78, 5) is 22.5. The monoisotopic (exact) mass is 531 g/mol. The van der Waals surface area contributed by atoms with Crippen LogP contribution in [0.15, 0.2) is 71.8 Å². The predicted molar refractivity (Wildman–Crippen MR) is 145 cm³/mol. The Balaban J connectivity index is 1.60. The summed E-state index contributed by atoms with van der Waals surface area (Å²) >= 11 is 1.25. The summed E-state index contributed by atoms with van der Waals surface area (Å²) in [7, 11) is -3.77. The molecule has 37 heavy (non-hydrogen) atoms. The van der Waals surface area contributed by atoms with Gasteiger partial charge in [0, 0.05) is 28.4 Å². The maximum absolute atomic E-state index is 13.1. The van der Waals surface area contributed by atoms with E-state index in [1.807, 2.05) is 6.92 Å². The van der Waals surface area contributed by atoms with Crippen molar-refractivity contribution in [1.29, 1.82) is 5.26 Å². The summed E-state index contributed by atoms with van der Waals surface area (Å²) in [5, 5.41) is 12.7. The molecule has 0 fully saturated rings. The summed E-state index contributed by atoms with van der Waals surface area (Å²) in [5.41, 5.74) is 2.12. The van der Waals surface area contributed by atoms with E-state index in [1.54, 1.807) is 81.4 Å². The number of anilines is 1. The van der Waals surface area contributed by atoms with Gasteiger partial charge in [-0.1, -0.05) is 30.3 Å². The molecule has 4 aromatic rings. The molecule has 1 amide bonds. The molecule has 0 aliphatic rings. The highest BCUT2D eigenvalue weighted by Gasteiger charge is 2.25. The van der Waals surface area contributed by atoms with Gasteiger partial charge in [0.25, 0.3) is 5.91 Å². The van der Waals surface area contributed by atoms with Crippen LogP contribution in [0, 0.1) is 18.3 Å². The zero-order valence-electron chi connectivity index (χ0n) is 20.7. The maximum Gasteiger partial charge on any atom is 0.269 e. The summed E-state index contributed by atoms with van der Waals surface area (Å²) in [5.74, 6) is -0.0646. The standard InChI is InChI=1S/C27H25N5O3S2/c1-17-30-24(19-9-7-8-18(14-19)15-28)25(36-17)26(33)31-23-13-12-20(16-29-23)21-10-5-6-11-22(21)37(34,35)32-27(2,3)4/h5-14,16,32H,1-4H3,(H,29,31,33). The van der Waals surface area contributed by atoms with E-state index in [0.29, 0.717) is 43.7 Å². The van der Waals surface area contributed by atoms with Crippen LogP contribution in [0.4, 0.5) is 5.82 Å². The maximum atomic E-state index is 13.1. The van der Waals surface area contributed by atoms with Crippen LogP contribution < -0.4 is 10.0 Å². The molecule has 0 spiro atoms. The summed E-state index contributed by atoms with van der Waals surface area (Å²) in [6.45, 7) is 7.15. The van der Waals surface area contributed by atoms with Gasteiger partial charge in [-0.25, -0.2) is 23.1 Å². The number of benzene rings is 2. The highest BCUT2D eigenvalue weighted by Crippen LogP contribution is 2.31. The van der Waals surface area contributed by atoms with Crippen LogP contribution in [0.25, 0.3) is 22.4 Å². The quantitative estimate of drug-likeness (QED) is 0.344. The van der Waals surface area contributed by atoms with Crippen molar-refractivity contribution in [2.45, 2.75) is 38.1 Å². The molecule has 8 nitrogen and oxygen atoms in total. The van der Waals surface area contributed by atoms with Gasteiger partial charge in [-0.15, -0.1) is 11.3 Å². The van der Waals surface area contributed by atoms with Crippen molar-refractivity contribution in [1.82, 2.24) is 14.7 Å². The summed E-state index contributed by atoms with van der Waals surface area (Å²) in [6, 6.07) is 19.1. The fourth-order valence-corrected chi connectivity index (χ4v) is 6.20. The van der Waals surface area contributed by atoms with Gasteiger partial charge in [0.15, 0.2) is 0 Å². The number of aromatic nitrogens is 2. The van der Waals surface area contributed by atoms with Crippen LogP contribution in [-0.4, -0.2) is 29.8 Å². The summed E-state index contributed by atoms with van der Waals surface area (Å²) in [6.07, 6.45) is 1.52. The Labute approximate surface area is 220 Å². The average molecular weight is 532 g/mol. The smallest absolute Gasteiger partial charge is 0.269 e. The van der Waals surface area contributed by atoms with Gasteiger partial charge >= 0.3 is 0 Å². The number of nitrogens with zero attached hydrogens (tertiary/aromatic N) is 3. The molecule has 188 valence electrons. The third-order valence-electron chi connectivity index (χ3n) is 5.14. The molecule has 0 saturated heterocycles. The fourth-order valence-electron chi connectivity index (χ4n) is 3.71. The van der Waals surface area contributed by atoms with Crippen molar-refractivity contribution in [3.8, 4) is 28.5 Å². The number of carbonyl (C=O) groups is 1. The van der Waals surface area contributed by atoms with E-state index in [0.717, 1.165) is 0 Å². The van der Waals surface area contributed by atoms with Gasteiger partial charge in [0.05, 0.1) is 27.2 Å². The Kier molecular flexibility index (Phi) is 7.23. The highest BCUT2D eigenvalue weighted by atomic mass is 32.2. The van der Waals surface area contributed by atoms with E-state index in [9.17, 15) is 18.5 Å². The Morgan fingerprint density at radius 1 is 1.03 bits per heavy atom. The molecule has 0 atom stereocenters. The normalized spacial score (nSPS) is 11.6. The van der Waals surface area contributed by atoms with E-state index in [1.165, 1.54) is 17.5 Å². The first-order valence-electron chi connectivity index (χ1n) is 11.4. The van der Waals surface area contributed by atoms with Crippen LogP contribution in [0.2, 0.25) is 0 Å². The molecule has 0 bridgehead atoms. The van der Waals surface area contributed by atoms with Gasteiger partial charge in [-0.05, 0) is 58.0 Å². The van der Waals surface area contributed by atoms with Crippen molar-refractivity contribution >= 4 is 33.1 Å². The van der Waals surface area contributed by atoms with Crippen LogP contribution >= 0.6 is 11.3 Å². The van der Waals surface area contributed by atoms with Crippen molar-refractivity contribution < 1.29 is 13.2 Å². The Bertz CT molecular complexity index is 1610. The second-order valence-electron chi connectivity index (χ2n) is 9.34. The van der Waals surface area contributed by atoms with E-state index in [-0.39, 0.29) is 10.8 Å². The van der Waals surface area contributed by atoms with E-state index >= 15 is 0 Å². The first kappa shape index (κ1) is 26.2. The molecule has 0 aliphatic heterocycles. The molecule has 0 saturated carbocycles. The second kappa shape index (κ2) is 10.2. The van der Waals surface area contributed by atoms with Gasteiger partial charge in [0.2, 0.25) is 10.0 Å². The number of aryl methyl sites for hydroxylation is 1. The van der Waals surface area contributed by atoms with Crippen LogP contribution in [0.5, 0.6) is 0 Å². The molecule has 4 rings (SSSR count). The molecule has 2 aromatic carbocycles. The van der Waals surface area contributed by atoms with Gasteiger partial charge in [-0.3, -0.25) is 4.79 Å². The Morgan fingerprint density at radius 2 is 1.78 bits per heavy atom. The van der Waals surface area contributed by atoms with Crippen LogP contribution in [-0.2, 0) is 10.0 Å². The van der Waals surface area contributed by atoms with Gasteiger partial charge < -0.3 is 5.32 Å². The van der Waals surface area contributed by atoms with Gasteiger partial charge in [-0.2, -0.15) is 5.26 Å². The topological polar surface area (TPSA) is 125 Å². The largest absolute Gasteiger partial charge is 0.306 e. The first-order chi connectivity index (χ1) is 17.5. The molecule has 0 aliphatic carbocycles. The van der Waals surface area contributed by atoms with Crippen molar-refractivity contribution in [3.05, 3.63) is 82.3 Å². The molecular formula is C27H25N5O3S2. The average Bonchev–Trinajstić information content (AvgIpc) is 3.25. The zero-order chi connectivity index (χ0) is 26.8. The van der Waals surface area contributed by atoms with Crippen molar-refractivity contribution in [2.24, 2.45) is 0 Å². The number of nitrogens with one attached hydrogen (secondary N) is 2. The number of amides is 1. The first-order valence-corrected chi connectivity index (χ1v) is 13.7. The molecular weight excluding hydrogens is 506 g/mol. The lowest BCUT2D eigenvalue weighted by Crippen LogP contribution is -2.40. The van der Waals surface area contributed by atoms with E-state index < -0.39 is 15.6 Å². The molecule has 0 unspecified atom stereocenters. The number of thiazole rings is 1. The molecule has 10 heteroatoms. The Hall–Kier alpha value is -3.91. The summed E-state index contributed by atoms with van der Waals surface area (Å²) < 4.78 is 28.7. The third kappa shape index (κ3) is 6.09. The van der Waals surface area contributed by atoms with Crippen LogP contribution in [0.3, 0.4) is 0 Å². The number of hydrogen-bond donors (Lipinski definition) is 2. The molecule has 2 aromatic heterocycles. The number of hydrogen-bond acceptors (Lipinski definition) is 7. The van der Waals surface area contributed by atoms with Crippen molar-refractivity contribution in [3.63, 3.8) is 0 Å². The number of rotatable bonds is 6. The van der Waals surface area contributed by atoms with Crippen molar-refractivity contribution in [2.75, 3.05) is 5.32 Å². The lowest BCUT2D eigenvalue weighted by molar-refractivity contribution is 0.103. The molecule has 0 radical (unpaired) electrons. The number of carbonyl (C=O) groups excluding carboxylic acids is 1. The molecule has 2 N–H and O–H groups in total. The number of sulfonamides is 1. The SMILES string of the molecule is Cc1nc(-c2cccc(C#N)c2)c(C(=O)Nc2ccc(-c3ccccc3S(=O)(=O)NC(C)(C)C)cn2)s1. The number of pyridine rings is 1. The molecule has 2 heterocycles. The minimum absolute atomic E-state index is 0.146. The van der Waals surface area contributed by atoms with Gasteiger partial charge in [0.1, 0.15) is 10.7 Å². The second-order valence-corrected chi connectivity index (χ2v) is 12.2. The minimum atomic E-state index is -3.77. The van der Waals surface area contributed by atoms with E-state index in [2.05, 4.69) is 26.1 Å².